The van der Waals surface area contributed by atoms with Crippen LogP contribution in [0.4, 0.5) is 8.78 Å². The molecule has 2 nitrogen and oxygen atoms in total. The second-order valence-electron chi connectivity index (χ2n) is 4.69. The van der Waals surface area contributed by atoms with Crippen LogP contribution in [0.2, 0.25) is 0 Å². The maximum absolute atomic E-state index is 13.0. The molecule has 0 bridgehead atoms. The summed E-state index contributed by atoms with van der Waals surface area (Å²) in [5, 5.41) is 9.98. The molecule has 0 spiro atoms. The van der Waals surface area contributed by atoms with Gasteiger partial charge in [-0.15, -0.1) is 0 Å². The van der Waals surface area contributed by atoms with E-state index in [1.807, 2.05) is 6.92 Å². The van der Waals surface area contributed by atoms with Gasteiger partial charge in [-0.05, 0) is 37.5 Å². The Morgan fingerprint density at radius 3 is 2.53 bits per heavy atom. The van der Waals surface area contributed by atoms with Crippen molar-refractivity contribution >= 4 is 0 Å². The standard InChI is InChI=1S/C13H16F2O2/c1-8-2-10(7-17-8)13(16)5-9-3-11(14)6-12(15)4-9/h3-4,6,8,10,13,16H,2,5,7H2,1H3. The van der Waals surface area contributed by atoms with E-state index in [0.29, 0.717) is 12.2 Å². The van der Waals surface area contributed by atoms with E-state index >= 15 is 0 Å². The number of ether oxygens (including phenoxy) is 1. The van der Waals surface area contributed by atoms with Crippen LogP contribution in [0, 0.1) is 17.6 Å². The van der Waals surface area contributed by atoms with Gasteiger partial charge >= 0.3 is 0 Å². The average Bonchev–Trinajstić information content (AvgIpc) is 2.63. The monoisotopic (exact) mass is 242 g/mol. The predicted molar refractivity (Wildman–Crippen MR) is 59.6 cm³/mol. The number of benzene rings is 1. The van der Waals surface area contributed by atoms with Crippen molar-refractivity contribution in [2.75, 3.05) is 6.61 Å². The zero-order valence-electron chi connectivity index (χ0n) is 9.70. The molecule has 17 heavy (non-hydrogen) atoms. The van der Waals surface area contributed by atoms with Crippen molar-refractivity contribution < 1.29 is 18.6 Å². The van der Waals surface area contributed by atoms with Gasteiger partial charge in [-0.2, -0.15) is 0 Å². The Labute approximate surface area is 99.2 Å². The fraction of sp³-hybridized carbons (Fsp3) is 0.538. The van der Waals surface area contributed by atoms with E-state index in [1.165, 1.54) is 12.1 Å². The molecule has 94 valence electrons. The first-order chi connectivity index (χ1) is 8.04. The third kappa shape index (κ3) is 3.23. The summed E-state index contributed by atoms with van der Waals surface area (Å²) in [5.74, 6) is -1.16. The zero-order chi connectivity index (χ0) is 12.4. The molecule has 1 heterocycles. The molecule has 3 unspecified atom stereocenters. The highest BCUT2D eigenvalue weighted by Crippen LogP contribution is 2.24. The molecular formula is C13H16F2O2. The fourth-order valence-electron chi connectivity index (χ4n) is 2.26. The molecule has 1 N–H and O–H groups in total. The Morgan fingerprint density at radius 2 is 2.00 bits per heavy atom. The van der Waals surface area contributed by atoms with Crippen molar-refractivity contribution in [3.63, 3.8) is 0 Å². The highest BCUT2D eigenvalue weighted by atomic mass is 19.1. The van der Waals surface area contributed by atoms with Gasteiger partial charge in [-0.25, -0.2) is 8.78 Å². The van der Waals surface area contributed by atoms with E-state index in [2.05, 4.69) is 0 Å². The quantitative estimate of drug-likeness (QED) is 0.881. The summed E-state index contributed by atoms with van der Waals surface area (Å²) < 4.78 is 31.3. The van der Waals surface area contributed by atoms with Crippen molar-refractivity contribution in [1.29, 1.82) is 0 Å². The SMILES string of the molecule is CC1CC(C(O)Cc2cc(F)cc(F)c2)CO1. The van der Waals surface area contributed by atoms with Gasteiger partial charge in [-0.1, -0.05) is 0 Å². The molecule has 1 aromatic rings. The third-order valence-electron chi connectivity index (χ3n) is 3.14. The first-order valence-electron chi connectivity index (χ1n) is 5.79. The zero-order valence-corrected chi connectivity index (χ0v) is 9.70. The van der Waals surface area contributed by atoms with Crippen LogP contribution < -0.4 is 0 Å². The molecular weight excluding hydrogens is 226 g/mol. The molecule has 3 atom stereocenters. The minimum atomic E-state index is -0.610. The summed E-state index contributed by atoms with van der Waals surface area (Å²) in [4.78, 5) is 0. The minimum Gasteiger partial charge on any atom is -0.392 e. The van der Waals surface area contributed by atoms with Crippen LogP contribution in [-0.2, 0) is 11.2 Å². The van der Waals surface area contributed by atoms with Crippen LogP contribution in [0.15, 0.2) is 18.2 Å². The maximum atomic E-state index is 13.0. The average molecular weight is 242 g/mol. The van der Waals surface area contributed by atoms with E-state index in [9.17, 15) is 13.9 Å². The molecule has 1 aromatic carbocycles. The molecule has 2 rings (SSSR count). The van der Waals surface area contributed by atoms with Crippen LogP contribution >= 0.6 is 0 Å². The van der Waals surface area contributed by atoms with Crippen LogP contribution in [0.3, 0.4) is 0 Å². The largest absolute Gasteiger partial charge is 0.392 e. The Kier molecular flexibility index (Phi) is 3.74. The number of hydrogen-bond donors (Lipinski definition) is 1. The summed E-state index contributed by atoms with van der Waals surface area (Å²) in [6, 6.07) is 3.34. The summed E-state index contributed by atoms with van der Waals surface area (Å²) in [7, 11) is 0. The molecule has 1 saturated heterocycles. The van der Waals surface area contributed by atoms with Gasteiger partial charge in [0.05, 0.1) is 18.8 Å². The van der Waals surface area contributed by atoms with Gasteiger partial charge in [0.1, 0.15) is 11.6 Å². The summed E-state index contributed by atoms with van der Waals surface area (Å²) in [5.41, 5.74) is 0.481. The van der Waals surface area contributed by atoms with Crippen LogP contribution in [0.5, 0.6) is 0 Å². The van der Waals surface area contributed by atoms with Crippen LogP contribution in [-0.4, -0.2) is 23.9 Å². The van der Waals surface area contributed by atoms with Gasteiger partial charge in [0, 0.05) is 12.0 Å². The smallest absolute Gasteiger partial charge is 0.126 e. The lowest BCUT2D eigenvalue weighted by Gasteiger charge is -2.16. The first-order valence-corrected chi connectivity index (χ1v) is 5.79. The van der Waals surface area contributed by atoms with Gasteiger partial charge in [0.15, 0.2) is 0 Å². The van der Waals surface area contributed by atoms with E-state index in [1.54, 1.807) is 0 Å². The molecule has 0 aliphatic carbocycles. The lowest BCUT2D eigenvalue weighted by molar-refractivity contribution is 0.0806. The Bertz CT molecular complexity index is 375. The molecule has 0 aromatic heterocycles. The van der Waals surface area contributed by atoms with Gasteiger partial charge < -0.3 is 9.84 Å². The van der Waals surface area contributed by atoms with Gasteiger partial charge in [0.2, 0.25) is 0 Å². The number of rotatable bonds is 3. The number of aliphatic hydroxyl groups excluding tert-OH is 1. The maximum Gasteiger partial charge on any atom is 0.126 e. The third-order valence-corrected chi connectivity index (χ3v) is 3.14. The molecule has 0 saturated carbocycles. The summed E-state index contributed by atoms with van der Waals surface area (Å²) in [6.45, 7) is 2.47. The lowest BCUT2D eigenvalue weighted by atomic mass is 9.94. The molecule has 0 amide bonds. The number of aliphatic hydroxyl groups is 1. The van der Waals surface area contributed by atoms with E-state index in [-0.39, 0.29) is 18.4 Å². The molecule has 1 fully saturated rings. The van der Waals surface area contributed by atoms with Crippen molar-refractivity contribution in [2.45, 2.75) is 32.0 Å². The van der Waals surface area contributed by atoms with Gasteiger partial charge in [-0.3, -0.25) is 0 Å². The van der Waals surface area contributed by atoms with Crippen molar-refractivity contribution in [2.24, 2.45) is 5.92 Å². The second-order valence-corrected chi connectivity index (χ2v) is 4.69. The molecule has 4 heteroatoms. The summed E-state index contributed by atoms with van der Waals surface area (Å²) >= 11 is 0. The Hall–Kier alpha value is -1.00. The Morgan fingerprint density at radius 1 is 1.35 bits per heavy atom. The lowest BCUT2D eigenvalue weighted by Crippen LogP contribution is -2.23. The molecule has 1 aliphatic heterocycles. The van der Waals surface area contributed by atoms with E-state index in [0.717, 1.165) is 12.5 Å². The van der Waals surface area contributed by atoms with Crippen molar-refractivity contribution in [3.05, 3.63) is 35.4 Å². The topological polar surface area (TPSA) is 29.5 Å². The fourth-order valence-corrected chi connectivity index (χ4v) is 2.26. The Balaban J connectivity index is 2.00. The van der Waals surface area contributed by atoms with Crippen LogP contribution in [0.25, 0.3) is 0 Å². The predicted octanol–water partition coefficient (Wildman–Crippen LogP) is 2.29. The van der Waals surface area contributed by atoms with Gasteiger partial charge in [0.25, 0.3) is 0 Å². The molecule has 0 radical (unpaired) electrons. The number of halogens is 2. The number of hydrogen-bond acceptors (Lipinski definition) is 2. The first kappa shape index (κ1) is 12.5. The minimum absolute atomic E-state index is 0.0522. The van der Waals surface area contributed by atoms with Crippen molar-refractivity contribution in [3.8, 4) is 0 Å². The van der Waals surface area contributed by atoms with Crippen LogP contribution in [0.1, 0.15) is 18.9 Å². The second kappa shape index (κ2) is 5.10. The summed E-state index contributed by atoms with van der Waals surface area (Å²) in [6.07, 6.45) is 0.592. The highest BCUT2D eigenvalue weighted by Gasteiger charge is 2.28. The normalized spacial score (nSPS) is 26.1. The molecule has 1 aliphatic rings. The van der Waals surface area contributed by atoms with E-state index < -0.39 is 17.7 Å². The van der Waals surface area contributed by atoms with Crippen molar-refractivity contribution in [1.82, 2.24) is 0 Å². The van der Waals surface area contributed by atoms with E-state index in [4.69, 9.17) is 4.74 Å². The highest BCUT2D eigenvalue weighted by molar-refractivity contribution is 5.18.